The van der Waals surface area contributed by atoms with Crippen LogP contribution in [0, 0.1) is 6.92 Å². The minimum absolute atomic E-state index is 0.370. The predicted octanol–water partition coefficient (Wildman–Crippen LogP) is 5.18. The molecular formula is C16H10BrClO2. The Bertz CT molecular complexity index is 854. The second-order valence-electron chi connectivity index (χ2n) is 4.52. The molecule has 2 aromatic carbocycles. The van der Waals surface area contributed by atoms with Crippen LogP contribution in [-0.4, -0.2) is 0 Å². The van der Waals surface area contributed by atoms with Gasteiger partial charge in [0, 0.05) is 9.86 Å². The van der Waals surface area contributed by atoms with Gasteiger partial charge < -0.3 is 4.42 Å². The van der Waals surface area contributed by atoms with Crippen LogP contribution in [0.15, 0.2) is 56.1 Å². The van der Waals surface area contributed by atoms with Crippen LogP contribution in [0.5, 0.6) is 0 Å². The zero-order valence-electron chi connectivity index (χ0n) is 10.6. The highest BCUT2D eigenvalue weighted by Crippen LogP contribution is 2.32. The topological polar surface area (TPSA) is 30.2 Å². The Kier molecular flexibility index (Phi) is 3.40. The summed E-state index contributed by atoms with van der Waals surface area (Å²) in [6.07, 6.45) is 0. The van der Waals surface area contributed by atoms with E-state index in [2.05, 4.69) is 15.9 Å². The third-order valence-corrected chi connectivity index (χ3v) is 3.99. The third kappa shape index (κ3) is 2.17. The monoisotopic (exact) mass is 348 g/mol. The van der Waals surface area contributed by atoms with Gasteiger partial charge in [-0.15, -0.1) is 0 Å². The Balaban J connectivity index is 2.44. The summed E-state index contributed by atoms with van der Waals surface area (Å²) in [7, 11) is 0. The Morgan fingerprint density at radius 3 is 2.55 bits per heavy atom. The van der Waals surface area contributed by atoms with E-state index in [0.717, 1.165) is 21.0 Å². The molecule has 0 radical (unpaired) electrons. The molecule has 100 valence electrons. The van der Waals surface area contributed by atoms with E-state index in [4.69, 9.17) is 16.0 Å². The molecule has 0 fully saturated rings. The summed E-state index contributed by atoms with van der Waals surface area (Å²) in [5.41, 5.74) is 2.34. The molecule has 1 heterocycles. The molecule has 20 heavy (non-hydrogen) atoms. The van der Waals surface area contributed by atoms with Gasteiger partial charge in [0.25, 0.3) is 0 Å². The summed E-state index contributed by atoms with van der Waals surface area (Å²) in [5.74, 6) is 0. The average Bonchev–Trinajstić information content (AvgIpc) is 2.42. The van der Waals surface area contributed by atoms with Crippen LogP contribution in [-0.2, 0) is 0 Å². The SMILES string of the molecule is Cc1c(-c2ccccc2)c(=O)oc2c(Cl)cc(Br)cc12. The van der Waals surface area contributed by atoms with Crippen LogP contribution in [0.25, 0.3) is 22.1 Å². The van der Waals surface area contributed by atoms with Gasteiger partial charge in [-0.05, 0) is 30.2 Å². The van der Waals surface area contributed by atoms with Crippen molar-refractivity contribution in [2.75, 3.05) is 0 Å². The van der Waals surface area contributed by atoms with E-state index >= 15 is 0 Å². The van der Waals surface area contributed by atoms with Crippen molar-refractivity contribution >= 4 is 38.5 Å². The van der Waals surface area contributed by atoms with Crippen molar-refractivity contribution in [2.45, 2.75) is 6.92 Å². The van der Waals surface area contributed by atoms with Gasteiger partial charge in [0.15, 0.2) is 5.58 Å². The first-order valence-corrected chi connectivity index (χ1v) is 7.23. The highest BCUT2D eigenvalue weighted by molar-refractivity contribution is 9.10. The lowest BCUT2D eigenvalue weighted by atomic mass is 10.00. The van der Waals surface area contributed by atoms with Crippen molar-refractivity contribution in [2.24, 2.45) is 0 Å². The molecule has 0 saturated heterocycles. The summed E-state index contributed by atoms with van der Waals surface area (Å²) in [6.45, 7) is 1.91. The second kappa shape index (κ2) is 5.08. The fraction of sp³-hybridized carbons (Fsp3) is 0.0625. The maximum Gasteiger partial charge on any atom is 0.344 e. The first-order valence-electron chi connectivity index (χ1n) is 6.06. The molecule has 0 unspecified atom stereocenters. The molecule has 0 atom stereocenters. The Labute approximate surface area is 129 Å². The minimum Gasteiger partial charge on any atom is -0.421 e. The molecule has 0 amide bonds. The van der Waals surface area contributed by atoms with Crippen molar-refractivity contribution in [1.29, 1.82) is 0 Å². The molecular weight excluding hydrogens is 340 g/mol. The standard InChI is InChI=1S/C16H10BrClO2/c1-9-12-7-11(17)8-13(18)15(12)20-16(19)14(9)10-5-3-2-4-6-10/h2-8H,1H3. The minimum atomic E-state index is -0.370. The maximum absolute atomic E-state index is 12.3. The first-order chi connectivity index (χ1) is 9.58. The smallest absolute Gasteiger partial charge is 0.344 e. The number of benzene rings is 2. The largest absolute Gasteiger partial charge is 0.421 e. The molecule has 3 aromatic rings. The summed E-state index contributed by atoms with van der Waals surface area (Å²) in [5, 5.41) is 1.26. The first kappa shape index (κ1) is 13.4. The Morgan fingerprint density at radius 2 is 1.85 bits per heavy atom. The van der Waals surface area contributed by atoms with Crippen LogP contribution >= 0.6 is 27.5 Å². The zero-order valence-corrected chi connectivity index (χ0v) is 13.0. The maximum atomic E-state index is 12.3. The van der Waals surface area contributed by atoms with Gasteiger partial charge >= 0.3 is 5.63 Å². The highest BCUT2D eigenvalue weighted by Gasteiger charge is 2.15. The molecule has 0 N–H and O–H groups in total. The lowest BCUT2D eigenvalue weighted by molar-refractivity contribution is 0.562. The van der Waals surface area contributed by atoms with Crippen LogP contribution in [0.3, 0.4) is 0 Å². The molecule has 3 rings (SSSR count). The van der Waals surface area contributed by atoms with E-state index in [-0.39, 0.29) is 5.63 Å². The molecule has 0 bridgehead atoms. The van der Waals surface area contributed by atoms with Crippen molar-refractivity contribution in [3.63, 3.8) is 0 Å². The van der Waals surface area contributed by atoms with E-state index in [1.54, 1.807) is 6.07 Å². The van der Waals surface area contributed by atoms with Gasteiger partial charge in [-0.2, -0.15) is 0 Å². The lowest BCUT2D eigenvalue weighted by Gasteiger charge is -2.09. The van der Waals surface area contributed by atoms with Crippen LogP contribution in [0.2, 0.25) is 5.02 Å². The summed E-state index contributed by atoms with van der Waals surface area (Å²) in [6, 6.07) is 13.1. The quantitative estimate of drug-likeness (QED) is 0.566. The van der Waals surface area contributed by atoms with E-state index < -0.39 is 0 Å². The van der Waals surface area contributed by atoms with Crippen molar-refractivity contribution in [3.05, 3.63) is 67.9 Å². The second-order valence-corrected chi connectivity index (χ2v) is 5.84. The molecule has 0 aliphatic carbocycles. The molecule has 4 heteroatoms. The Hall–Kier alpha value is -1.58. The number of aryl methyl sites for hydroxylation is 1. The van der Waals surface area contributed by atoms with Gasteiger partial charge in [0.1, 0.15) is 0 Å². The fourth-order valence-corrected chi connectivity index (χ4v) is 3.16. The number of hydrogen-bond acceptors (Lipinski definition) is 2. The summed E-state index contributed by atoms with van der Waals surface area (Å²) < 4.78 is 6.26. The van der Waals surface area contributed by atoms with Crippen molar-refractivity contribution < 1.29 is 4.42 Å². The number of rotatable bonds is 1. The summed E-state index contributed by atoms with van der Waals surface area (Å²) in [4.78, 5) is 12.3. The fourth-order valence-electron chi connectivity index (χ4n) is 2.31. The highest BCUT2D eigenvalue weighted by atomic mass is 79.9. The number of hydrogen-bond donors (Lipinski definition) is 0. The molecule has 2 nitrogen and oxygen atoms in total. The molecule has 0 aliphatic heterocycles. The average molecular weight is 350 g/mol. The Morgan fingerprint density at radius 1 is 1.15 bits per heavy atom. The summed E-state index contributed by atoms with van der Waals surface area (Å²) >= 11 is 9.55. The molecule has 0 spiro atoms. The van der Waals surface area contributed by atoms with Gasteiger partial charge in [-0.1, -0.05) is 57.9 Å². The zero-order chi connectivity index (χ0) is 14.3. The normalized spacial score (nSPS) is 10.9. The van der Waals surface area contributed by atoms with Gasteiger partial charge in [-0.3, -0.25) is 0 Å². The third-order valence-electron chi connectivity index (χ3n) is 3.25. The molecule has 0 aliphatic rings. The molecule has 0 saturated carbocycles. The number of fused-ring (bicyclic) bond motifs is 1. The van der Waals surface area contributed by atoms with Crippen molar-refractivity contribution in [3.8, 4) is 11.1 Å². The van der Waals surface area contributed by atoms with E-state index in [1.165, 1.54) is 0 Å². The molecule has 1 aromatic heterocycles. The van der Waals surface area contributed by atoms with Crippen LogP contribution in [0.4, 0.5) is 0 Å². The predicted molar refractivity (Wildman–Crippen MR) is 85.4 cm³/mol. The van der Waals surface area contributed by atoms with Crippen LogP contribution in [0.1, 0.15) is 5.56 Å². The number of halogens is 2. The van der Waals surface area contributed by atoms with Gasteiger partial charge in [0.2, 0.25) is 0 Å². The van der Waals surface area contributed by atoms with Gasteiger partial charge in [-0.25, -0.2) is 4.79 Å². The lowest BCUT2D eigenvalue weighted by Crippen LogP contribution is -2.06. The van der Waals surface area contributed by atoms with E-state index in [9.17, 15) is 4.79 Å². The van der Waals surface area contributed by atoms with E-state index in [1.807, 2.05) is 43.3 Å². The van der Waals surface area contributed by atoms with E-state index in [0.29, 0.717) is 16.2 Å². The van der Waals surface area contributed by atoms with Crippen LogP contribution < -0.4 is 5.63 Å². The van der Waals surface area contributed by atoms with Gasteiger partial charge in [0.05, 0.1) is 10.6 Å². The van der Waals surface area contributed by atoms with Crippen molar-refractivity contribution in [1.82, 2.24) is 0 Å².